The lowest BCUT2D eigenvalue weighted by atomic mass is 10.1. The fourth-order valence-corrected chi connectivity index (χ4v) is 3.61. The number of hydrogen-bond acceptors (Lipinski definition) is 5. The van der Waals surface area contributed by atoms with Crippen LogP contribution in [-0.2, 0) is 4.79 Å². The Bertz CT molecular complexity index is 886. The summed E-state index contributed by atoms with van der Waals surface area (Å²) < 4.78 is 10.7. The summed E-state index contributed by atoms with van der Waals surface area (Å²) in [5.74, 6) is 2.25. The Morgan fingerprint density at radius 2 is 2.04 bits per heavy atom. The first kappa shape index (κ1) is 19.3. The van der Waals surface area contributed by atoms with E-state index < -0.39 is 0 Å². The molecule has 0 fully saturated rings. The zero-order valence-electron chi connectivity index (χ0n) is 14.7. The summed E-state index contributed by atoms with van der Waals surface area (Å²) >= 11 is 7.46. The molecule has 2 aromatic carbocycles. The molecule has 0 aliphatic rings. The number of anilines is 1. The van der Waals surface area contributed by atoms with Gasteiger partial charge in [-0.3, -0.25) is 4.79 Å². The largest absolute Gasteiger partial charge is 0.493 e. The number of benzene rings is 2. The maximum Gasteiger partial charge on any atom is 0.243 e. The first-order chi connectivity index (χ1) is 13.1. The Kier molecular flexibility index (Phi) is 6.79. The van der Waals surface area contributed by atoms with Crippen LogP contribution in [0.15, 0.2) is 65.2 Å². The van der Waals surface area contributed by atoms with Crippen LogP contribution in [0.1, 0.15) is 16.6 Å². The highest BCUT2D eigenvalue weighted by molar-refractivity contribution is 8.00. The Labute approximate surface area is 167 Å². The van der Waals surface area contributed by atoms with Gasteiger partial charge in [0.05, 0.1) is 6.61 Å². The molecule has 0 bridgehead atoms. The van der Waals surface area contributed by atoms with Gasteiger partial charge in [0, 0.05) is 16.8 Å². The Morgan fingerprint density at radius 3 is 2.74 bits per heavy atom. The molecule has 1 N–H and O–H groups in total. The van der Waals surface area contributed by atoms with Crippen LogP contribution >= 0.6 is 23.4 Å². The molecule has 3 aromatic rings. The average molecular weight is 403 g/mol. The first-order valence-electron chi connectivity index (χ1n) is 8.41. The van der Waals surface area contributed by atoms with E-state index in [-0.39, 0.29) is 11.2 Å². The van der Waals surface area contributed by atoms with Crippen LogP contribution in [0, 0.1) is 6.92 Å². The number of ether oxygens (including phenoxy) is 1. The summed E-state index contributed by atoms with van der Waals surface area (Å²) in [7, 11) is 0. The van der Waals surface area contributed by atoms with Gasteiger partial charge in [-0.2, -0.15) is 0 Å². The summed E-state index contributed by atoms with van der Waals surface area (Å²) in [5.41, 5.74) is 0.919. The third kappa shape index (κ3) is 5.77. The van der Waals surface area contributed by atoms with Gasteiger partial charge in [-0.25, -0.2) is 0 Å². The van der Waals surface area contributed by atoms with Gasteiger partial charge in [0.25, 0.3) is 0 Å². The van der Waals surface area contributed by atoms with Crippen LogP contribution in [0.3, 0.4) is 0 Å². The highest BCUT2D eigenvalue weighted by Crippen LogP contribution is 2.30. The number of rotatable bonds is 8. The highest BCUT2D eigenvalue weighted by atomic mass is 35.5. The maximum atomic E-state index is 12.8. The second-order valence-electron chi connectivity index (χ2n) is 5.78. The lowest BCUT2D eigenvalue weighted by molar-refractivity contribution is -0.115. The molecule has 1 heterocycles. The van der Waals surface area contributed by atoms with Crippen LogP contribution in [0.4, 0.5) is 5.82 Å². The third-order valence-corrected chi connectivity index (χ3v) is 5.11. The van der Waals surface area contributed by atoms with Crippen molar-refractivity contribution in [2.24, 2.45) is 0 Å². The van der Waals surface area contributed by atoms with Crippen molar-refractivity contribution < 1.29 is 14.1 Å². The summed E-state index contributed by atoms with van der Waals surface area (Å²) in [6.07, 6.45) is 0. The number of thioether (sulfide) groups is 1. The summed E-state index contributed by atoms with van der Waals surface area (Å²) in [6, 6.07) is 18.6. The van der Waals surface area contributed by atoms with Crippen LogP contribution in [0.5, 0.6) is 5.75 Å². The van der Waals surface area contributed by atoms with E-state index in [1.165, 1.54) is 11.8 Å². The molecule has 0 aliphatic carbocycles. The molecule has 0 radical (unpaired) electrons. The molecule has 27 heavy (non-hydrogen) atoms. The molecule has 1 atom stereocenters. The summed E-state index contributed by atoms with van der Waals surface area (Å²) in [4.78, 5) is 12.8. The Hall–Kier alpha value is -2.44. The minimum Gasteiger partial charge on any atom is -0.493 e. The predicted molar refractivity (Wildman–Crippen MR) is 108 cm³/mol. The molecular formula is C20H19ClN2O3S. The van der Waals surface area contributed by atoms with Gasteiger partial charge < -0.3 is 14.6 Å². The van der Waals surface area contributed by atoms with Crippen molar-refractivity contribution in [2.75, 3.05) is 17.7 Å². The van der Waals surface area contributed by atoms with Crippen LogP contribution in [0.2, 0.25) is 5.02 Å². The van der Waals surface area contributed by atoms with Crippen molar-refractivity contribution in [1.82, 2.24) is 5.16 Å². The number of hydrogen-bond donors (Lipinski definition) is 1. The van der Waals surface area contributed by atoms with Gasteiger partial charge in [0.1, 0.15) is 16.8 Å². The fourth-order valence-electron chi connectivity index (χ4n) is 2.45. The number of halogens is 1. The Balaban J connectivity index is 1.61. The standard InChI is InChI=1S/C20H19ClN2O3S/c1-14-12-18(23-26-14)22-20(24)19(15-6-3-2-4-7-15)27-11-10-25-17-9-5-8-16(21)13-17/h2-9,12-13,19H,10-11H2,1H3,(H,22,23,24). The summed E-state index contributed by atoms with van der Waals surface area (Å²) in [5, 5.41) is 6.87. The van der Waals surface area contributed by atoms with Crippen molar-refractivity contribution >= 4 is 35.1 Å². The predicted octanol–water partition coefficient (Wildman–Crippen LogP) is 5.13. The summed E-state index contributed by atoms with van der Waals surface area (Å²) in [6.45, 7) is 2.24. The van der Waals surface area contributed by atoms with Gasteiger partial charge in [-0.1, -0.05) is 53.2 Å². The van der Waals surface area contributed by atoms with Crippen molar-refractivity contribution in [3.05, 3.63) is 77.0 Å². The van der Waals surface area contributed by atoms with E-state index in [0.717, 1.165) is 5.56 Å². The van der Waals surface area contributed by atoms with Crippen molar-refractivity contribution in [1.29, 1.82) is 0 Å². The van der Waals surface area contributed by atoms with E-state index in [1.54, 1.807) is 25.1 Å². The SMILES string of the molecule is Cc1cc(NC(=O)C(SCCOc2cccc(Cl)c2)c2ccccc2)no1. The number of carbonyl (C=O) groups is 1. The van der Waals surface area contributed by atoms with Crippen LogP contribution < -0.4 is 10.1 Å². The van der Waals surface area contributed by atoms with Crippen LogP contribution in [0.25, 0.3) is 0 Å². The smallest absolute Gasteiger partial charge is 0.243 e. The third-order valence-electron chi connectivity index (χ3n) is 3.65. The minimum atomic E-state index is -0.383. The second-order valence-corrected chi connectivity index (χ2v) is 7.43. The number of amides is 1. The molecule has 7 heteroatoms. The average Bonchev–Trinajstić information content (AvgIpc) is 3.07. The Morgan fingerprint density at radius 1 is 1.22 bits per heavy atom. The van der Waals surface area contributed by atoms with E-state index in [9.17, 15) is 4.79 Å². The zero-order valence-corrected chi connectivity index (χ0v) is 16.3. The number of carbonyl (C=O) groups excluding carboxylic acids is 1. The molecule has 1 aromatic heterocycles. The van der Waals surface area contributed by atoms with Crippen LogP contribution in [-0.4, -0.2) is 23.4 Å². The lowest BCUT2D eigenvalue weighted by Crippen LogP contribution is -2.20. The van der Waals surface area contributed by atoms with Gasteiger partial charge >= 0.3 is 0 Å². The maximum absolute atomic E-state index is 12.8. The van der Waals surface area contributed by atoms with Gasteiger partial charge in [-0.15, -0.1) is 11.8 Å². The molecular weight excluding hydrogens is 384 g/mol. The van der Waals surface area contributed by atoms with E-state index in [1.807, 2.05) is 42.5 Å². The topological polar surface area (TPSA) is 64.4 Å². The molecule has 1 unspecified atom stereocenters. The van der Waals surface area contributed by atoms with Crippen molar-refractivity contribution in [3.8, 4) is 5.75 Å². The normalized spacial score (nSPS) is 11.8. The molecule has 0 saturated heterocycles. The molecule has 3 rings (SSSR count). The van der Waals surface area contributed by atoms with Gasteiger partial charge in [0.15, 0.2) is 5.82 Å². The number of aromatic nitrogens is 1. The molecule has 140 valence electrons. The van der Waals surface area contributed by atoms with E-state index >= 15 is 0 Å². The molecule has 5 nitrogen and oxygen atoms in total. The molecule has 0 saturated carbocycles. The fraction of sp³-hybridized carbons (Fsp3) is 0.200. The highest BCUT2D eigenvalue weighted by Gasteiger charge is 2.22. The molecule has 0 aliphatic heterocycles. The van der Waals surface area contributed by atoms with Gasteiger partial charge in [-0.05, 0) is 30.7 Å². The number of nitrogens with zero attached hydrogens (tertiary/aromatic N) is 1. The number of aryl methyl sites for hydroxylation is 1. The van der Waals surface area contributed by atoms with E-state index in [4.69, 9.17) is 20.9 Å². The monoisotopic (exact) mass is 402 g/mol. The van der Waals surface area contributed by atoms with E-state index in [0.29, 0.717) is 34.7 Å². The van der Waals surface area contributed by atoms with Crippen molar-refractivity contribution in [2.45, 2.75) is 12.2 Å². The zero-order chi connectivity index (χ0) is 19.1. The minimum absolute atomic E-state index is 0.151. The van der Waals surface area contributed by atoms with E-state index in [2.05, 4.69) is 10.5 Å². The quantitative estimate of drug-likeness (QED) is 0.529. The number of nitrogens with one attached hydrogen (secondary N) is 1. The molecule has 0 spiro atoms. The second kappa shape index (κ2) is 9.48. The van der Waals surface area contributed by atoms with Crippen molar-refractivity contribution in [3.63, 3.8) is 0 Å². The molecule has 1 amide bonds. The lowest BCUT2D eigenvalue weighted by Gasteiger charge is -2.16. The first-order valence-corrected chi connectivity index (χ1v) is 9.83. The van der Waals surface area contributed by atoms with Gasteiger partial charge in [0.2, 0.25) is 5.91 Å².